The van der Waals surface area contributed by atoms with Gasteiger partial charge in [-0.1, -0.05) is 6.92 Å². The Bertz CT molecular complexity index is 369. The fourth-order valence-corrected chi connectivity index (χ4v) is 2.76. The number of morpholine rings is 1. The minimum Gasteiger partial charge on any atom is -0.444 e. The molecule has 0 aromatic carbocycles. The molecule has 6 nitrogen and oxygen atoms in total. The fourth-order valence-electron chi connectivity index (χ4n) is 2.76. The normalized spacial score (nSPS) is 28.5. The highest BCUT2D eigenvalue weighted by Crippen LogP contribution is 2.23. The van der Waals surface area contributed by atoms with Gasteiger partial charge in [0, 0.05) is 19.6 Å². The molecule has 2 fully saturated rings. The molecule has 1 atom stereocenters. The van der Waals surface area contributed by atoms with Gasteiger partial charge >= 0.3 is 6.09 Å². The van der Waals surface area contributed by atoms with Crippen LogP contribution in [0.4, 0.5) is 4.79 Å². The third kappa shape index (κ3) is 4.56. The fraction of sp³-hybridized carbons (Fsp3) is 0.933. The van der Waals surface area contributed by atoms with Gasteiger partial charge in [0.2, 0.25) is 0 Å². The van der Waals surface area contributed by atoms with Crippen molar-refractivity contribution in [2.45, 2.75) is 38.9 Å². The lowest BCUT2D eigenvalue weighted by molar-refractivity contribution is -0.139. The molecular weight excluding hydrogens is 272 g/mol. The van der Waals surface area contributed by atoms with Crippen molar-refractivity contribution >= 4 is 6.09 Å². The van der Waals surface area contributed by atoms with Crippen molar-refractivity contribution in [2.75, 3.05) is 52.5 Å². The lowest BCUT2D eigenvalue weighted by Crippen LogP contribution is -2.59. The Balaban J connectivity index is 2.05. The Labute approximate surface area is 127 Å². The molecule has 1 unspecified atom stereocenters. The number of likely N-dealkylation sites (N-methyl/N-ethyl adjacent to an activating group) is 1. The van der Waals surface area contributed by atoms with E-state index in [-0.39, 0.29) is 6.09 Å². The van der Waals surface area contributed by atoms with Crippen LogP contribution in [-0.4, -0.2) is 79.6 Å². The highest BCUT2D eigenvalue weighted by atomic mass is 16.6. The maximum absolute atomic E-state index is 12.3. The summed E-state index contributed by atoms with van der Waals surface area (Å²) in [6.45, 7) is 13.3. The molecule has 2 aliphatic rings. The zero-order valence-corrected chi connectivity index (χ0v) is 13.7. The minimum atomic E-state index is -0.486. The number of nitrogens with zero attached hydrogens (tertiary/aromatic N) is 2. The van der Waals surface area contributed by atoms with Crippen molar-refractivity contribution in [1.29, 1.82) is 0 Å². The molecule has 1 spiro atoms. The summed E-state index contributed by atoms with van der Waals surface area (Å²) in [5, 5.41) is 0. The summed E-state index contributed by atoms with van der Waals surface area (Å²) in [7, 11) is 0. The average molecular weight is 300 g/mol. The van der Waals surface area contributed by atoms with Crippen molar-refractivity contribution in [3.63, 3.8) is 0 Å². The molecule has 2 heterocycles. The van der Waals surface area contributed by atoms with Crippen LogP contribution in [0, 0.1) is 0 Å². The van der Waals surface area contributed by atoms with Crippen LogP contribution in [-0.2, 0) is 14.2 Å². The van der Waals surface area contributed by atoms with E-state index >= 15 is 0 Å². The second-order valence-electron chi connectivity index (χ2n) is 6.85. The smallest absolute Gasteiger partial charge is 0.410 e. The first-order valence-electron chi connectivity index (χ1n) is 7.76. The predicted octanol–water partition coefficient (Wildman–Crippen LogP) is 1.34. The summed E-state index contributed by atoms with van der Waals surface area (Å²) in [5.74, 6) is 0. The number of amides is 1. The Kier molecular flexibility index (Phi) is 5.11. The Hall–Kier alpha value is -0.850. The van der Waals surface area contributed by atoms with E-state index in [9.17, 15) is 4.79 Å². The van der Waals surface area contributed by atoms with Crippen molar-refractivity contribution < 1.29 is 19.0 Å². The van der Waals surface area contributed by atoms with Gasteiger partial charge in [0.15, 0.2) is 0 Å². The highest BCUT2D eigenvalue weighted by Gasteiger charge is 2.41. The van der Waals surface area contributed by atoms with E-state index in [0.717, 1.165) is 19.6 Å². The Morgan fingerprint density at radius 2 is 2.00 bits per heavy atom. The van der Waals surface area contributed by atoms with Gasteiger partial charge in [-0.2, -0.15) is 0 Å². The van der Waals surface area contributed by atoms with Gasteiger partial charge in [-0.25, -0.2) is 4.79 Å². The quantitative estimate of drug-likeness (QED) is 0.731. The Morgan fingerprint density at radius 1 is 1.24 bits per heavy atom. The van der Waals surface area contributed by atoms with E-state index in [0.29, 0.717) is 32.9 Å². The maximum Gasteiger partial charge on any atom is 0.410 e. The van der Waals surface area contributed by atoms with Crippen LogP contribution in [0.1, 0.15) is 27.7 Å². The molecule has 0 radical (unpaired) electrons. The first-order chi connectivity index (χ1) is 9.84. The molecule has 21 heavy (non-hydrogen) atoms. The second kappa shape index (κ2) is 6.50. The Morgan fingerprint density at radius 3 is 2.67 bits per heavy atom. The number of hydrogen-bond acceptors (Lipinski definition) is 5. The summed E-state index contributed by atoms with van der Waals surface area (Å²) in [6, 6.07) is 0. The van der Waals surface area contributed by atoms with Crippen molar-refractivity contribution in [3.05, 3.63) is 0 Å². The van der Waals surface area contributed by atoms with Crippen molar-refractivity contribution in [3.8, 4) is 0 Å². The van der Waals surface area contributed by atoms with E-state index in [1.165, 1.54) is 0 Å². The van der Waals surface area contributed by atoms with Crippen molar-refractivity contribution in [1.82, 2.24) is 9.80 Å². The van der Waals surface area contributed by atoms with Gasteiger partial charge in [0.25, 0.3) is 0 Å². The molecule has 2 rings (SSSR count). The second-order valence-corrected chi connectivity index (χ2v) is 6.85. The van der Waals surface area contributed by atoms with Crippen molar-refractivity contribution in [2.24, 2.45) is 0 Å². The SMILES string of the molecule is CCN1CCOC2(COCCN(C(=O)OC(C)(C)C)C2)C1. The van der Waals surface area contributed by atoms with Crippen LogP contribution in [0.25, 0.3) is 0 Å². The molecule has 0 aromatic heterocycles. The summed E-state index contributed by atoms with van der Waals surface area (Å²) in [4.78, 5) is 16.4. The molecule has 0 aromatic rings. The highest BCUT2D eigenvalue weighted by molar-refractivity contribution is 5.68. The lowest BCUT2D eigenvalue weighted by atomic mass is 10.0. The number of hydrogen-bond donors (Lipinski definition) is 0. The molecule has 0 saturated carbocycles. The monoisotopic (exact) mass is 300 g/mol. The summed E-state index contributed by atoms with van der Waals surface area (Å²) in [5.41, 5.74) is -0.915. The molecule has 0 N–H and O–H groups in total. The molecule has 2 saturated heterocycles. The van der Waals surface area contributed by atoms with Crippen LogP contribution in [0.3, 0.4) is 0 Å². The summed E-state index contributed by atoms with van der Waals surface area (Å²) >= 11 is 0. The zero-order valence-electron chi connectivity index (χ0n) is 13.7. The standard InChI is InChI=1S/C15H28N2O4/c1-5-16-6-9-20-15(10-16)11-17(7-8-19-12-15)13(18)21-14(2,3)4/h5-12H2,1-4H3. The van der Waals surface area contributed by atoms with Gasteiger partial charge in [-0.05, 0) is 27.3 Å². The lowest BCUT2D eigenvalue weighted by Gasteiger charge is -2.43. The number of carbonyl (C=O) groups excluding carboxylic acids is 1. The van der Waals surface area contributed by atoms with Gasteiger partial charge in [-0.3, -0.25) is 4.90 Å². The maximum atomic E-state index is 12.3. The van der Waals surface area contributed by atoms with Gasteiger partial charge < -0.3 is 19.1 Å². The van der Waals surface area contributed by atoms with Gasteiger partial charge in [0.05, 0.1) is 26.4 Å². The van der Waals surface area contributed by atoms with Crippen LogP contribution >= 0.6 is 0 Å². The first-order valence-corrected chi connectivity index (χ1v) is 7.76. The topological polar surface area (TPSA) is 51.2 Å². The molecule has 2 aliphatic heterocycles. The zero-order chi connectivity index (χ0) is 15.5. The van der Waals surface area contributed by atoms with Gasteiger partial charge in [0.1, 0.15) is 11.2 Å². The van der Waals surface area contributed by atoms with E-state index < -0.39 is 11.2 Å². The van der Waals surface area contributed by atoms with E-state index in [1.54, 1.807) is 4.90 Å². The third-order valence-electron chi connectivity index (χ3n) is 3.78. The molecule has 122 valence electrons. The molecule has 6 heteroatoms. The summed E-state index contributed by atoms with van der Waals surface area (Å²) in [6.07, 6.45) is -0.287. The molecule has 0 bridgehead atoms. The number of carbonyl (C=O) groups is 1. The van der Waals surface area contributed by atoms with E-state index in [2.05, 4.69) is 11.8 Å². The molecule has 1 amide bonds. The van der Waals surface area contributed by atoms with E-state index in [1.807, 2.05) is 20.8 Å². The summed E-state index contributed by atoms with van der Waals surface area (Å²) < 4.78 is 17.2. The minimum absolute atomic E-state index is 0.287. The third-order valence-corrected chi connectivity index (χ3v) is 3.78. The predicted molar refractivity (Wildman–Crippen MR) is 79.4 cm³/mol. The van der Waals surface area contributed by atoms with E-state index in [4.69, 9.17) is 14.2 Å². The van der Waals surface area contributed by atoms with Crippen LogP contribution in [0.2, 0.25) is 0 Å². The van der Waals surface area contributed by atoms with Crippen LogP contribution in [0.5, 0.6) is 0 Å². The largest absolute Gasteiger partial charge is 0.444 e. The number of ether oxygens (including phenoxy) is 3. The van der Waals surface area contributed by atoms with Crippen LogP contribution in [0.15, 0.2) is 0 Å². The van der Waals surface area contributed by atoms with Crippen LogP contribution < -0.4 is 0 Å². The molecule has 0 aliphatic carbocycles. The molecular formula is C15H28N2O4. The first kappa shape index (κ1) is 16.5. The van der Waals surface area contributed by atoms with Gasteiger partial charge in [-0.15, -0.1) is 0 Å². The average Bonchev–Trinajstić information content (AvgIpc) is 2.60. The number of rotatable bonds is 1.